The van der Waals surface area contributed by atoms with Gasteiger partial charge in [-0.05, 0) is 53.1 Å². The largest absolute Gasteiger partial charge is 0.497 e. The van der Waals surface area contributed by atoms with Crippen molar-refractivity contribution >= 4 is 12.0 Å². The molecule has 0 radical (unpaired) electrons. The van der Waals surface area contributed by atoms with Crippen molar-refractivity contribution in [2.75, 3.05) is 14.2 Å². The van der Waals surface area contributed by atoms with Gasteiger partial charge in [-0.3, -0.25) is 0 Å². The highest BCUT2D eigenvalue weighted by Crippen LogP contribution is 2.38. The highest BCUT2D eigenvalue weighted by atomic mass is 16.5. The molecule has 0 aromatic heterocycles. The molecule has 0 bridgehead atoms. The summed E-state index contributed by atoms with van der Waals surface area (Å²) in [5.74, 6) is 0.246. The molecule has 5 nitrogen and oxygen atoms in total. The lowest BCUT2D eigenvalue weighted by Gasteiger charge is -2.29. The van der Waals surface area contributed by atoms with E-state index in [-0.39, 0.29) is 0 Å². The van der Waals surface area contributed by atoms with Crippen LogP contribution in [-0.4, -0.2) is 25.3 Å². The lowest BCUT2D eigenvalue weighted by atomic mass is 9.86. The molecule has 37 heavy (non-hydrogen) atoms. The van der Waals surface area contributed by atoms with Gasteiger partial charge in [0.05, 0.1) is 25.9 Å². The van der Waals surface area contributed by atoms with Crippen molar-refractivity contribution < 1.29 is 24.1 Å². The van der Waals surface area contributed by atoms with E-state index in [1.54, 1.807) is 38.5 Å². The number of hydrogen-bond acceptors (Lipinski definition) is 5. The molecule has 4 aromatic carbocycles. The first-order valence-electron chi connectivity index (χ1n) is 12.0. The van der Waals surface area contributed by atoms with Crippen LogP contribution in [0.25, 0.3) is 6.08 Å². The molecule has 5 heteroatoms. The number of esters is 1. The Bertz CT molecular complexity index is 1280. The summed E-state index contributed by atoms with van der Waals surface area (Å²) < 4.78 is 16.7. The molecule has 0 saturated heterocycles. The van der Waals surface area contributed by atoms with E-state index >= 15 is 0 Å². The van der Waals surface area contributed by atoms with Crippen molar-refractivity contribution in [3.8, 4) is 11.5 Å². The van der Waals surface area contributed by atoms with E-state index in [0.717, 1.165) is 16.7 Å². The minimum atomic E-state index is -0.933. The summed E-state index contributed by atoms with van der Waals surface area (Å²) in [5, 5.41) is 11.6. The lowest BCUT2D eigenvalue weighted by molar-refractivity contribution is -0.00676. The van der Waals surface area contributed by atoms with E-state index in [0.29, 0.717) is 17.1 Å². The highest BCUT2D eigenvalue weighted by Gasteiger charge is 2.32. The van der Waals surface area contributed by atoms with Gasteiger partial charge in [-0.1, -0.05) is 84.9 Å². The third-order valence-electron chi connectivity index (χ3n) is 6.17. The van der Waals surface area contributed by atoms with Crippen molar-refractivity contribution in [3.05, 3.63) is 138 Å². The van der Waals surface area contributed by atoms with Gasteiger partial charge in [0.1, 0.15) is 17.6 Å². The van der Waals surface area contributed by atoms with Crippen molar-refractivity contribution in [3.63, 3.8) is 0 Å². The Morgan fingerprint density at radius 2 is 1.24 bits per heavy atom. The van der Waals surface area contributed by atoms with Gasteiger partial charge in [-0.25, -0.2) is 4.79 Å². The summed E-state index contributed by atoms with van der Waals surface area (Å²) in [6, 6.07) is 33.3. The molecule has 188 valence electrons. The fraction of sp³-hybridized carbons (Fsp3) is 0.156. The second-order valence-electron chi connectivity index (χ2n) is 8.53. The molecular weight excluding hydrogens is 464 g/mol. The van der Waals surface area contributed by atoms with Crippen LogP contribution in [0.3, 0.4) is 0 Å². The first-order valence-corrected chi connectivity index (χ1v) is 12.0. The maximum Gasteiger partial charge on any atom is 0.338 e. The van der Waals surface area contributed by atoms with Gasteiger partial charge in [0.2, 0.25) is 0 Å². The second kappa shape index (κ2) is 12.6. The second-order valence-corrected chi connectivity index (χ2v) is 8.53. The Balaban J connectivity index is 1.75. The highest BCUT2D eigenvalue weighted by molar-refractivity contribution is 5.89. The predicted molar refractivity (Wildman–Crippen MR) is 145 cm³/mol. The van der Waals surface area contributed by atoms with Crippen LogP contribution >= 0.6 is 0 Å². The Morgan fingerprint density at radius 3 is 1.81 bits per heavy atom. The van der Waals surface area contributed by atoms with Gasteiger partial charge in [0.25, 0.3) is 0 Å². The minimum Gasteiger partial charge on any atom is -0.497 e. The van der Waals surface area contributed by atoms with E-state index in [9.17, 15) is 9.90 Å². The van der Waals surface area contributed by atoms with Crippen LogP contribution in [0.15, 0.2) is 115 Å². The molecule has 3 atom stereocenters. The first-order chi connectivity index (χ1) is 18.1. The van der Waals surface area contributed by atoms with Crippen LogP contribution < -0.4 is 9.47 Å². The molecule has 0 aliphatic rings. The van der Waals surface area contributed by atoms with E-state index in [1.807, 2.05) is 97.1 Å². The van der Waals surface area contributed by atoms with Crippen LogP contribution in [-0.2, 0) is 4.74 Å². The quantitative estimate of drug-likeness (QED) is 0.250. The Labute approximate surface area is 217 Å². The number of carbonyl (C=O) groups excluding carboxylic acids is 1. The van der Waals surface area contributed by atoms with E-state index in [4.69, 9.17) is 14.2 Å². The van der Waals surface area contributed by atoms with Crippen LogP contribution in [0.1, 0.15) is 39.3 Å². The number of benzene rings is 4. The summed E-state index contributed by atoms with van der Waals surface area (Å²) in [6.45, 7) is 0. The monoisotopic (exact) mass is 494 g/mol. The molecule has 0 spiro atoms. The number of methoxy groups -OCH3 is 2. The topological polar surface area (TPSA) is 65.0 Å². The molecule has 0 fully saturated rings. The number of aliphatic hydroxyl groups is 1. The van der Waals surface area contributed by atoms with Crippen molar-refractivity contribution in [1.29, 1.82) is 0 Å². The Morgan fingerprint density at radius 1 is 0.703 bits per heavy atom. The van der Waals surface area contributed by atoms with Gasteiger partial charge < -0.3 is 19.3 Å². The molecule has 0 saturated carbocycles. The van der Waals surface area contributed by atoms with Gasteiger partial charge >= 0.3 is 5.97 Å². The molecule has 0 heterocycles. The molecule has 0 amide bonds. The SMILES string of the molecule is COc1ccc(C(=O)O[C@@H](c2ccc(OC)cc2)[C@H](/C=C/c2ccccc2)[C@H](O)c2ccccc2)cc1. The zero-order valence-corrected chi connectivity index (χ0v) is 20.9. The predicted octanol–water partition coefficient (Wildman–Crippen LogP) is 6.67. The molecule has 0 unspecified atom stereocenters. The normalized spacial score (nSPS) is 13.5. The average Bonchev–Trinajstić information content (AvgIpc) is 2.97. The molecule has 1 N–H and O–H groups in total. The van der Waals surface area contributed by atoms with Crippen molar-refractivity contribution in [1.82, 2.24) is 0 Å². The summed E-state index contributed by atoms with van der Waals surface area (Å²) >= 11 is 0. The zero-order valence-electron chi connectivity index (χ0n) is 20.9. The van der Waals surface area contributed by atoms with Crippen molar-refractivity contribution in [2.24, 2.45) is 5.92 Å². The average molecular weight is 495 g/mol. The number of carbonyl (C=O) groups is 1. The van der Waals surface area contributed by atoms with Gasteiger partial charge in [0.15, 0.2) is 0 Å². The maximum atomic E-state index is 13.3. The van der Waals surface area contributed by atoms with Crippen LogP contribution in [0.4, 0.5) is 0 Å². The number of aliphatic hydroxyl groups excluding tert-OH is 1. The summed E-state index contributed by atoms with van der Waals surface area (Å²) in [5.41, 5.74) is 2.83. The first kappa shape index (κ1) is 25.7. The molecule has 4 rings (SSSR count). The standard InChI is InChI=1S/C32H30O5/c1-35-27-18-14-25(15-19-27)31(37-32(34)26-16-20-28(36-2)21-17-26)29(22-13-23-9-5-3-6-10-23)30(33)24-11-7-4-8-12-24/h3-22,29-31,33H,1-2H3/b22-13+/t29-,30-,31+/m1/s1. The molecular formula is C32H30O5. The van der Waals surface area contributed by atoms with Gasteiger partial charge in [-0.15, -0.1) is 0 Å². The smallest absolute Gasteiger partial charge is 0.338 e. The van der Waals surface area contributed by atoms with E-state index in [1.165, 1.54) is 0 Å². The summed E-state index contributed by atoms with van der Waals surface area (Å²) in [4.78, 5) is 13.3. The number of rotatable bonds is 10. The third-order valence-corrected chi connectivity index (χ3v) is 6.17. The number of hydrogen-bond donors (Lipinski definition) is 1. The van der Waals surface area contributed by atoms with Gasteiger partial charge in [-0.2, -0.15) is 0 Å². The van der Waals surface area contributed by atoms with Crippen molar-refractivity contribution in [2.45, 2.75) is 12.2 Å². The van der Waals surface area contributed by atoms with Crippen LogP contribution in [0.5, 0.6) is 11.5 Å². The van der Waals surface area contributed by atoms with E-state index < -0.39 is 24.1 Å². The summed E-state index contributed by atoms with van der Waals surface area (Å²) in [7, 11) is 3.17. The molecule has 0 aliphatic carbocycles. The molecule has 4 aromatic rings. The maximum absolute atomic E-state index is 13.3. The fourth-order valence-electron chi connectivity index (χ4n) is 4.10. The van der Waals surface area contributed by atoms with Gasteiger partial charge in [0, 0.05) is 5.92 Å². The Hall–Kier alpha value is -4.35. The molecule has 0 aliphatic heterocycles. The minimum absolute atomic E-state index is 0.388. The van der Waals surface area contributed by atoms with Crippen LogP contribution in [0, 0.1) is 5.92 Å². The lowest BCUT2D eigenvalue weighted by Crippen LogP contribution is -2.24. The van der Waals surface area contributed by atoms with E-state index in [2.05, 4.69) is 0 Å². The number of ether oxygens (including phenoxy) is 3. The Kier molecular flexibility index (Phi) is 8.74. The zero-order chi connectivity index (χ0) is 26.0. The van der Waals surface area contributed by atoms with Crippen LogP contribution in [0.2, 0.25) is 0 Å². The fourth-order valence-corrected chi connectivity index (χ4v) is 4.10. The third kappa shape index (κ3) is 6.66. The summed E-state index contributed by atoms with van der Waals surface area (Å²) in [6.07, 6.45) is 2.13.